The van der Waals surface area contributed by atoms with E-state index in [0.29, 0.717) is 19.0 Å². The molecular weight excluding hydrogens is 280 g/mol. The molecule has 3 rings (SSSR count). The van der Waals surface area contributed by atoms with E-state index in [-0.39, 0.29) is 11.6 Å². The number of rotatable bonds is 3. The average molecular weight is 298 g/mol. The minimum Gasteiger partial charge on any atom is -0.394 e. The van der Waals surface area contributed by atoms with Gasteiger partial charge in [-0.05, 0) is 6.92 Å². The Kier molecular flexibility index (Phi) is 3.57. The predicted octanol–water partition coefficient (Wildman–Crippen LogP) is -1.66. The van der Waals surface area contributed by atoms with Crippen molar-refractivity contribution in [2.24, 2.45) is 0 Å². The third-order valence-electron chi connectivity index (χ3n) is 3.89. The predicted molar refractivity (Wildman–Crippen MR) is 70.4 cm³/mol. The molecule has 4 atom stereocenters. The van der Waals surface area contributed by atoms with Gasteiger partial charge in [-0.25, -0.2) is 4.98 Å². The lowest BCUT2D eigenvalue weighted by molar-refractivity contribution is -0.0519. The minimum absolute atomic E-state index is 0.197. The maximum atomic E-state index is 12.2. The standard InChI is InChI=1S/C12H18N4O5/c1-2-15-4-14-10-7(11(15)20)13-5-16(10)12-9(19)8(18)6(3-17)21-12/h5-6,8-9,12,14,17-19H,2-4H2,1H3/t6-,8-,9-,12-/m1/s1. The fraction of sp³-hybridized carbons (Fsp3) is 0.667. The average Bonchev–Trinajstić information content (AvgIpc) is 3.03. The highest BCUT2D eigenvalue weighted by molar-refractivity contribution is 5.98. The van der Waals surface area contributed by atoms with Crippen molar-refractivity contribution in [2.75, 3.05) is 25.1 Å². The fourth-order valence-corrected chi connectivity index (χ4v) is 2.64. The number of carbonyl (C=O) groups is 1. The Bertz CT molecular complexity index is 548. The number of hydrogen-bond acceptors (Lipinski definition) is 7. The summed E-state index contributed by atoms with van der Waals surface area (Å²) < 4.78 is 6.92. The Balaban J connectivity index is 1.91. The molecule has 9 heteroatoms. The number of fused-ring (bicyclic) bond motifs is 1. The number of ether oxygens (including phenoxy) is 1. The lowest BCUT2D eigenvalue weighted by Gasteiger charge is -2.28. The summed E-state index contributed by atoms with van der Waals surface area (Å²) in [6.07, 6.45) is -2.78. The van der Waals surface area contributed by atoms with Crippen LogP contribution in [0.15, 0.2) is 6.33 Å². The number of hydrogen-bond donors (Lipinski definition) is 4. The quantitative estimate of drug-likeness (QED) is 0.527. The van der Waals surface area contributed by atoms with E-state index in [0.717, 1.165) is 0 Å². The zero-order valence-electron chi connectivity index (χ0n) is 11.5. The third-order valence-corrected chi connectivity index (χ3v) is 3.89. The topological polar surface area (TPSA) is 120 Å². The summed E-state index contributed by atoms with van der Waals surface area (Å²) in [4.78, 5) is 17.8. The van der Waals surface area contributed by atoms with Crippen LogP contribution in [-0.4, -0.2) is 73.8 Å². The molecule has 4 N–H and O–H groups in total. The van der Waals surface area contributed by atoms with Crippen molar-refractivity contribution in [3.05, 3.63) is 12.0 Å². The highest BCUT2D eigenvalue weighted by atomic mass is 16.6. The van der Waals surface area contributed by atoms with Crippen molar-refractivity contribution in [1.29, 1.82) is 0 Å². The molecule has 0 aromatic carbocycles. The molecule has 1 fully saturated rings. The van der Waals surface area contributed by atoms with Gasteiger partial charge in [0, 0.05) is 6.54 Å². The van der Waals surface area contributed by atoms with Gasteiger partial charge in [0.15, 0.2) is 11.9 Å². The summed E-state index contributed by atoms with van der Waals surface area (Å²) in [5.41, 5.74) is 0.251. The van der Waals surface area contributed by atoms with Gasteiger partial charge in [-0.1, -0.05) is 0 Å². The number of carbonyl (C=O) groups excluding carboxylic acids is 1. The van der Waals surface area contributed by atoms with Gasteiger partial charge in [-0.3, -0.25) is 9.36 Å². The van der Waals surface area contributed by atoms with Gasteiger partial charge in [0.2, 0.25) is 0 Å². The maximum absolute atomic E-state index is 12.2. The molecule has 21 heavy (non-hydrogen) atoms. The zero-order valence-corrected chi connectivity index (χ0v) is 11.5. The smallest absolute Gasteiger partial charge is 0.277 e. The summed E-state index contributed by atoms with van der Waals surface area (Å²) in [5, 5.41) is 32.0. The zero-order chi connectivity index (χ0) is 15.1. The molecule has 0 saturated carbocycles. The van der Waals surface area contributed by atoms with Crippen LogP contribution in [0.5, 0.6) is 0 Å². The summed E-state index contributed by atoms with van der Waals surface area (Å²) >= 11 is 0. The lowest BCUT2D eigenvalue weighted by atomic mass is 10.1. The van der Waals surface area contributed by atoms with Gasteiger partial charge < -0.3 is 30.3 Å². The van der Waals surface area contributed by atoms with E-state index in [1.807, 2.05) is 6.92 Å². The molecule has 0 unspecified atom stereocenters. The van der Waals surface area contributed by atoms with E-state index in [2.05, 4.69) is 10.3 Å². The van der Waals surface area contributed by atoms with Gasteiger partial charge in [0.1, 0.15) is 24.1 Å². The molecule has 1 aromatic rings. The molecule has 1 aromatic heterocycles. The molecule has 1 saturated heterocycles. The Hall–Kier alpha value is -1.68. The molecule has 0 bridgehead atoms. The lowest BCUT2D eigenvalue weighted by Crippen LogP contribution is -2.40. The normalized spacial score (nSPS) is 32.2. The second kappa shape index (κ2) is 5.26. The van der Waals surface area contributed by atoms with Crippen LogP contribution in [0.3, 0.4) is 0 Å². The van der Waals surface area contributed by atoms with Crippen LogP contribution in [0, 0.1) is 0 Å². The molecule has 0 spiro atoms. The molecule has 3 heterocycles. The van der Waals surface area contributed by atoms with Crippen LogP contribution >= 0.6 is 0 Å². The Morgan fingerprint density at radius 3 is 2.86 bits per heavy atom. The number of imidazole rings is 1. The molecule has 2 aliphatic rings. The first-order chi connectivity index (χ1) is 10.1. The fourth-order valence-electron chi connectivity index (χ4n) is 2.64. The van der Waals surface area contributed by atoms with Crippen molar-refractivity contribution in [1.82, 2.24) is 14.5 Å². The number of aliphatic hydroxyl groups excluding tert-OH is 3. The number of aliphatic hydroxyl groups is 3. The van der Waals surface area contributed by atoms with Gasteiger partial charge in [0.25, 0.3) is 5.91 Å². The van der Waals surface area contributed by atoms with Crippen LogP contribution in [0.25, 0.3) is 0 Å². The summed E-state index contributed by atoms with van der Waals surface area (Å²) in [7, 11) is 0. The van der Waals surface area contributed by atoms with Gasteiger partial charge in [-0.15, -0.1) is 0 Å². The third kappa shape index (κ3) is 2.09. The van der Waals surface area contributed by atoms with Gasteiger partial charge in [-0.2, -0.15) is 0 Å². The first-order valence-corrected chi connectivity index (χ1v) is 6.80. The second-order valence-corrected chi connectivity index (χ2v) is 5.07. The highest BCUT2D eigenvalue weighted by Crippen LogP contribution is 2.33. The van der Waals surface area contributed by atoms with E-state index in [1.54, 1.807) is 4.90 Å². The van der Waals surface area contributed by atoms with Crippen LogP contribution in [0.1, 0.15) is 23.6 Å². The summed E-state index contributed by atoms with van der Waals surface area (Å²) in [5.74, 6) is 0.247. The summed E-state index contributed by atoms with van der Waals surface area (Å²) in [6.45, 7) is 2.37. The van der Waals surface area contributed by atoms with E-state index in [4.69, 9.17) is 9.84 Å². The van der Waals surface area contributed by atoms with Gasteiger partial charge >= 0.3 is 0 Å². The van der Waals surface area contributed by atoms with Crippen LogP contribution in [0.2, 0.25) is 0 Å². The van der Waals surface area contributed by atoms with Gasteiger partial charge in [0.05, 0.1) is 19.6 Å². The minimum atomic E-state index is -1.21. The molecule has 0 aliphatic carbocycles. The van der Waals surface area contributed by atoms with Crippen molar-refractivity contribution in [3.63, 3.8) is 0 Å². The van der Waals surface area contributed by atoms with E-state index in [9.17, 15) is 15.0 Å². The SMILES string of the molecule is CCN1CNc2c(ncn2[C@@H]2O[C@H](CO)[C@@H](O)[C@H]2O)C1=O. The molecule has 0 radical (unpaired) electrons. The van der Waals surface area contributed by atoms with Crippen molar-refractivity contribution >= 4 is 11.7 Å². The number of nitrogens with zero attached hydrogens (tertiary/aromatic N) is 3. The number of aromatic nitrogens is 2. The molecular formula is C12H18N4O5. The van der Waals surface area contributed by atoms with E-state index < -0.39 is 31.1 Å². The molecule has 2 aliphatic heterocycles. The van der Waals surface area contributed by atoms with Crippen molar-refractivity contribution in [2.45, 2.75) is 31.5 Å². The molecule has 1 amide bonds. The van der Waals surface area contributed by atoms with Crippen LogP contribution < -0.4 is 5.32 Å². The summed E-state index contributed by atoms with van der Waals surface area (Å²) in [6, 6.07) is 0. The number of nitrogens with one attached hydrogen (secondary N) is 1. The van der Waals surface area contributed by atoms with Crippen molar-refractivity contribution in [3.8, 4) is 0 Å². The van der Waals surface area contributed by atoms with Crippen LogP contribution in [0.4, 0.5) is 5.82 Å². The largest absolute Gasteiger partial charge is 0.394 e. The number of amides is 1. The Labute approximate surface area is 120 Å². The highest BCUT2D eigenvalue weighted by Gasteiger charge is 2.45. The number of anilines is 1. The Morgan fingerprint density at radius 2 is 2.24 bits per heavy atom. The monoisotopic (exact) mass is 298 g/mol. The molecule has 9 nitrogen and oxygen atoms in total. The first kappa shape index (κ1) is 14.3. The van der Waals surface area contributed by atoms with E-state index in [1.165, 1.54) is 10.9 Å². The Morgan fingerprint density at radius 1 is 1.48 bits per heavy atom. The van der Waals surface area contributed by atoms with E-state index >= 15 is 0 Å². The van der Waals surface area contributed by atoms with Crippen LogP contribution in [-0.2, 0) is 4.74 Å². The maximum Gasteiger partial charge on any atom is 0.277 e. The first-order valence-electron chi connectivity index (χ1n) is 6.80. The second-order valence-electron chi connectivity index (χ2n) is 5.07. The molecule has 116 valence electrons. The van der Waals surface area contributed by atoms with Crippen molar-refractivity contribution < 1.29 is 24.9 Å².